The van der Waals surface area contributed by atoms with E-state index in [9.17, 15) is 19.7 Å². The summed E-state index contributed by atoms with van der Waals surface area (Å²) >= 11 is 0. The van der Waals surface area contributed by atoms with Crippen LogP contribution in [0.5, 0.6) is 11.5 Å². The summed E-state index contributed by atoms with van der Waals surface area (Å²) in [7, 11) is 0. The molecule has 1 fully saturated rings. The number of ether oxygens (including phenoxy) is 4. The Hall–Kier alpha value is -2.72. The molecule has 0 radical (unpaired) electrons. The molecule has 1 aromatic rings. The molecule has 10 nitrogen and oxygen atoms in total. The number of imide groups is 1. The molecule has 0 aromatic heterocycles. The summed E-state index contributed by atoms with van der Waals surface area (Å²) in [5.41, 5.74) is -0.659. The van der Waals surface area contributed by atoms with E-state index >= 15 is 0 Å². The largest absolute Gasteiger partial charge is 0.454 e. The third-order valence-corrected chi connectivity index (χ3v) is 4.39. The van der Waals surface area contributed by atoms with Crippen molar-refractivity contribution in [1.29, 1.82) is 0 Å². The van der Waals surface area contributed by atoms with Gasteiger partial charge in [0.1, 0.15) is 5.56 Å². The van der Waals surface area contributed by atoms with E-state index in [0.717, 1.165) is 11.0 Å². The lowest BCUT2D eigenvalue weighted by Gasteiger charge is -2.24. The molecule has 0 bridgehead atoms. The van der Waals surface area contributed by atoms with Gasteiger partial charge in [0.15, 0.2) is 17.8 Å². The van der Waals surface area contributed by atoms with Crippen molar-refractivity contribution in [2.45, 2.75) is 39.0 Å². The van der Waals surface area contributed by atoms with Crippen LogP contribution in [0.15, 0.2) is 12.1 Å². The molecular weight excluding hydrogens is 360 g/mol. The Bertz CT molecular complexity index is 766. The van der Waals surface area contributed by atoms with Crippen LogP contribution in [0.1, 0.15) is 37.0 Å². The van der Waals surface area contributed by atoms with Gasteiger partial charge < -0.3 is 18.9 Å². The zero-order chi connectivity index (χ0) is 19.6. The van der Waals surface area contributed by atoms with Crippen molar-refractivity contribution in [3.8, 4) is 11.5 Å². The Morgan fingerprint density at radius 1 is 1.37 bits per heavy atom. The number of fused-ring (bicyclic) bond motifs is 1. The van der Waals surface area contributed by atoms with E-state index in [1.54, 1.807) is 6.92 Å². The molecule has 0 spiro atoms. The number of amides is 2. The number of nitro benzene ring substituents is 1. The van der Waals surface area contributed by atoms with E-state index in [2.05, 4.69) is 0 Å². The summed E-state index contributed by atoms with van der Waals surface area (Å²) in [6, 6.07) is 1.87. The van der Waals surface area contributed by atoms with Gasteiger partial charge in [0.2, 0.25) is 12.7 Å². The minimum absolute atomic E-state index is 0.0848. The highest BCUT2D eigenvalue weighted by Crippen LogP contribution is 2.39. The van der Waals surface area contributed by atoms with Gasteiger partial charge in [0.05, 0.1) is 23.6 Å². The fraction of sp³-hybridized carbons (Fsp3) is 0.529. The topological polar surface area (TPSA) is 117 Å². The van der Waals surface area contributed by atoms with Crippen LogP contribution in [-0.2, 0) is 14.3 Å². The highest BCUT2D eigenvalue weighted by atomic mass is 16.7. The van der Waals surface area contributed by atoms with Crippen LogP contribution in [0.3, 0.4) is 0 Å². The van der Waals surface area contributed by atoms with Crippen LogP contribution in [0.4, 0.5) is 5.69 Å². The zero-order valence-electron chi connectivity index (χ0n) is 15.0. The summed E-state index contributed by atoms with van der Waals surface area (Å²) in [4.78, 5) is 37.0. The molecule has 2 aliphatic rings. The number of likely N-dealkylation sites (tertiary alicyclic amines) is 1. The fourth-order valence-corrected chi connectivity index (χ4v) is 3.09. The van der Waals surface area contributed by atoms with E-state index in [4.69, 9.17) is 18.9 Å². The standard InChI is InChI=1S/C17H20N2O8/c1-3-24-10(2)25-8-11-4-5-16(20)18(11)17(21)12-6-14-15(27-9-26-14)7-13(12)19(22)23/h6-7,10-11H,3-5,8-9H2,1-2H3/t10?,11-/m0/s1. The van der Waals surface area contributed by atoms with Crippen molar-refractivity contribution in [3.63, 3.8) is 0 Å². The smallest absolute Gasteiger partial charge is 0.286 e. The molecule has 0 saturated carbocycles. The predicted molar refractivity (Wildman–Crippen MR) is 90.5 cm³/mol. The molecule has 3 rings (SSSR count). The highest BCUT2D eigenvalue weighted by Gasteiger charge is 2.40. The summed E-state index contributed by atoms with van der Waals surface area (Å²) in [6.07, 6.45) is 0.102. The number of carbonyl (C=O) groups excluding carboxylic acids is 2. The molecule has 2 atom stereocenters. The minimum Gasteiger partial charge on any atom is -0.454 e. The number of rotatable bonds is 7. The second-order valence-electron chi connectivity index (χ2n) is 6.10. The minimum atomic E-state index is -0.750. The number of hydrogen-bond acceptors (Lipinski definition) is 8. The Morgan fingerprint density at radius 3 is 2.74 bits per heavy atom. The Morgan fingerprint density at radius 2 is 2.07 bits per heavy atom. The SMILES string of the molecule is CCOC(C)OC[C@@H]1CCC(=O)N1C(=O)c1cc2c(cc1[N+](=O)[O-])OCO2. The third-order valence-electron chi connectivity index (χ3n) is 4.39. The van der Waals surface area contributed by atoms with Crippen molar-refractivity contribution in [2.24, 2.45) is 0 Å². The molecule has 10 heteroatoms. The van der Waals surface area contributed by atoms with Gasteiger partial charge in [0.25, 0.3) is 11.6 Å². The molecule has 0 aliphatic carbocycles. The van der Waals surface area contributed by atoms with E-state index < -0.39 is 34.8 Å². The molecule has 27 heavy (non-hydrogen) atoms. The molecule has 2 amide bonds. The predicted octanol–water partition coefficient (Wildman–Crippen LogP) is 1.85. The van der Waals surface area contributed by atoms with Gasteiger partial charge in [-0.15, -0.1) is 0 Å². The van der Waals surface area contributed by atoms with Crippen molar-refractivity contribution < 1.29 is 33.5 Å². The van der Waals surface area contributed by atoms with Crippen molar-refractivity contribution in [1.82, 2.24) is 4.90 Å². The van der Waals surface area contributed by atoms with Crippen LogP contribution in [0.2, 0.25) is 0 Å². The summed E-state index contributed by atoms with van der Waals surface area (Å²) in [6.45, 7) is 4.02. The zero-order valence-corrected chi connectivity index (χ0v) is 15.0. The Balaban J connectivity index is 1.85. The maximum atomic E-state index is 13.0. The Kier molecular flexibility index (Phi) is 5.57. The second kappa shape index (κ2) is 7.89. The van der Waals surface area contributed by atoms with Crippen LogP contribution >= 0.6 is 0 Å². The van der Waals surface area contributed by atoms with Crippen LogP contribution in [0, 0.1) is 10.1 Å². The van der Waals surface area contributed by atoms with Crippen LogP contribution < -0.4 is 9.47 Å². The van der Waals surface area contributed by atoms with Crippen molar-refractivity contribution >= 4 is 17.5 Å². The summed E-state index contributed by atoms with van der Waals surface area (Å²) in [5.74, 6) is -0.727. The molecule has 1 saturated heterocycles. The van der Waals surface area contributed by atoms with Gasteiger partial charge in [-0.1, -0.05) is 0 Å². The monoisotopic (exact) mass is 380 g/mol. The van der Waals surface area contributed by atoms with E-state index in [1.807, 2.05) is 6.92 Å². The van der Waals surface area contributed by atoms with Gasteiger partial charge in [0, 0.05) is 19.1 Å². The average molecular weight is 380 g/mol. The third kappa shape index (κ3) is 3.86. The first kappa shape index (κ1) is 19.1. The number of nitrogens with zero attached hydrogens (tertiary/aromatic N) is 2. The Labute approximate surface area is 155 Å². The molecule has 1 aromatic carbocycles. The summed E-state index contributed by atoms with van der Waals surface area (Å²) in [5, 5.41) is 11.4. The number of nitro groups is 1. The molecule has 146 valence electrons. The normalized spacial score (nSPS) is 19.4. The highest BCUT2D eigenvalue weighted by molar-refractivity contribution is 6.08. The van der Waals surface area contributed by atoms with Gasteiger partial charge in [-0.25, -0.2) is 0 Å². The lowest BCUT2D eigenvalue weighted by atomic mass is 10.1. The lowest BCUT2D eigenvalue weighted by Crippen LogP contribution is -2.42. The van der Waals surface area contributed by atoms with Gasteiger partial charge in [-0.2, -0.15) is 0 Å². The molecule has 1 unspecified atom stereocenters. The first-order valence-electron chi connectivity index (χ1n) is 8.60. The van der Waals surface area contributed by atoms with E-state index in [1.165, 1.54) is 6.07 Å². The van der Waals surface area contributed by atoms with Crippen LogP contribution in [0.25, 0.3) is 0 Å². The second-order valence-corrected chi connectivity index (χ2v) is 6.10. The van der Waals surface area contributed by atoms with E-state index in [0.29, 0.717) is 13.0 Å². The quantitative estimate of drug-likeness (QED) is 0.304. The molecule has 2 aliphatic heterocycles. The average Bonchev–Trinajstić information content (AvgIpc) is 3.24. The van der Waals surface area contributed by atoms with Crippen molar-refractivity contribution in [2.75, 3.05) is 20.0 Å². The molecular formula is C17H20N2O8. The molecule has 2 heterocycles. The van der Waals surface area contributed by atoms with Crippen LogP contribution in [-0.4, -0.2) is 54.0 Å². The molecule has 0 N–H and O–H groups in total. The van der Waals surface area contributed by atoms with Gasteiger partial charge in [-0.05, 0) is 20.3 Å². The lowest BCUT2D eigenvalue weighted by molar-refractivity contribution is -0.385. The first-order valence-corrected chi connectivity index (χ1v) is 8.60. The maximum Gasteiger partial charge on any atom is 0.286 e. The number of carbonyl (C=O) groups is 2. The first-order chi connectivity index (χ1) is 12.9. The van der Waals surface area contributed by atoms with Crippen molar-refractivity contribution in [3.05, 3.63) is 27.8 Å². The number of benzene rings is 1. The van der Waals surface area contributed by atoms with Gasteiger partial charge >= 0.3 is 0 Å². The van der Waals surface area contributed by atoms with E-state index in [-0.39, 0.29) is 36.9 Å². The maximum absolute atomic E-state index is 13.0. The summed E-state index contributed by atoms with van der Waals surface area (Å²) < 4.78 is 21.1. The fourth-order valence-electron chi connectivity index (χ4n) is 3.09. The number of hydrogen-bond donors (Lipinski definition) is 0. The van der Waals surface area contributed by atoms with Gasteiger partial charge in [-0.3, -0.25) is 24.6 Å².